The zero-order valence-corrected chi connectivity index (χ0v) is 20.4. The lowest BCUT2D eigenvalue weighted by atomic mass is 10.1. The van der Waals surface area contributed by atoms with Crippen LogP contribution in [0, 0.1) is 0 Å². The van der Waals surface area contributed by atoms with Crippen molar-refractivity contribution in [3.05, 3.63) is 95.0 Å². The molecule has 178 valence electrons. The molecule has 9 heteroatoms. The molecule has 0 spiro atoms. The van der Waals surface area contributed by atoms with Crippen molar-refractivity contribution in [1.29, 1.82) is 0 Å². The first kappa shape index (κ1) is 24.4. The van der Waals surface area contributed by atoms with Crippen LogP contribution >= 0.6 is 23.8 Å². The van der Waals surface area contributed by atoms with E-state index in [9.17, 15) is 14.4 Å². The molecular weight excluding hydrogens is 486 g/mol. The van der Waals surface area contributed by atoms with Gasteiger partial charge in [-0.2, -0.15) is 0 Å². The normalized spacial score (nSPS) is 15.3. The standard InChI is InChI=1S/C26H22ClN3O4S/c1-34-25(33)18-9-13-20(14-10-18)28-23(31)15-22-24(32)30(21-5-3-2-4-6-21)26(35)29(22)16-17-7-11-19(27)12-8-17/h2-14,22H,15-16H2,1H3,(H,28,31). The van der Waals surface area contributed by atoms with Gasteiger partial charge in [-0.1, -0.05) is 41.9 Å². The molecule has 35 heavy (non-hydrogen) atoms. The lowest BCUT2D eigenvalue weighted by molar-refractivity contribution is -0.124. The van der Waals surface area contributed by atoms with Gasteiger partial charge in [0, 0.05) is 17.3 Å². The summed E-state index contributed by atoms with van der Waals surface area (Å²) in [7, 11) is 1.30. The summed E-state index contributed by atoms with van der Waals surface area (Å²) in [4.78, 5) is 41.2. The highest BCUT2D eigenvalue weighted by atomic mass is 35.5. The number of carbonyl (C=O) groups is 3. The Kier molecular flexibility index (Phi) is 7.43. The number of ether oxygens (including phenoxy) is 1. The van der Waals surface area contributed by atoms with E-state index in [2.05, 4.69) is 10.1 Å². The molecule has 1 fully saturated rings. The molecule has 0 aromatic heterocycles. The minimum Gasteiger partial charge on any atom is -0.465 e. The Morgan fingerprint density at radius 1 is 1.00 bits per heavy atom. The van der Waals surface area contributed by atoms with Crippen molar-refractivity contribution in [2.45, 2.75) is 19.0 Å². The van der Waals surface area contributed by atoms with E-state index < -0.39 is 12.0 Å². The number of nitrogens with zero attached hydrogens (tertiary/aromatic N) is 2. The van der Waals surface area contributed by atoms with E-state index in [1.165, 1.54) is 12.0 Å². The van der Waals surface area contributed by atoms with Crippen LogP contribution in [0.3, 0.4) is 0 Å². The van der Waals surface area contributed by atoms with Crippen molar-refractivity contribution < 1.29 is 19.1 Å². The van der Waals surface area contributed by atoms with Gasteiger partial charge >= 0.3 is 5.97 Å². The number of hydrogen-bond acceptors (Lipinski definition) is 5. The van der Waals surface area contributed by atoms with Gasteiger partial charge in [0.2, 0.25) is 5.91 Å². The van der Waals surface area contributed by atoms with E-state index in [4.69, 9.17) is 23.8 Å². The van der Waals surface area contributed by atoms with Gasteiger partial charge in [0.1, 0.15) is 6.04 Å². The van der Waals surface area contributed by atoms with Crippen LogP contribution < -0.4 is 10.2 Å². The molecule has 0 aliphatic carbocycles. The fourth-order valence-electron chi connectivity index (χ4n) is 3.81. The Balaban J connectivity index is 1.55. The number of anilines is 2. The molecule has 3 aromatic rings. The van der Waals surface area contributed by atoms with Gasteiger partial charge in [-0.25, -0.2) is 4.79 Å². The Bertz CT molecular complexity index is 1250. The smallest absolute Gasteiger partial charge is 0.337 e. The largest absolute Gasteiger partial charge is 0.465 e. The van der Waals surface area contributed by atoms with Crippen LogP contribution in [0.2, 0.25) is 5.02 Å². The molecule has 1 aliphatic heterocycles. The monoisotopic (exact) mass is 507 g/mol. The lowest BCUT2D eigenvalue weighted by Crippen LogP contribution is -2.37. The van der Waals surface area contributed by atoms with Crippen LogP contribution in [0.1, 0.15) is 22.3 Å². The maximum absolute atomic E-state index is 13.5. The second-order valence-electron chi connectivity index (χ2n) is 7.88. The predicted octanol–water partition coefficient (Wildman–Crippen LogP) is 4.66. The molecule has 1 heterocycles. The zero-order valence-electron chi connectivity index (χ0n) is 18.8. The van der Waals surface area contributed by atoms with E-state index in [1.807, 2.05) is 30.3 Å². The summed E-state index contributed by atoms with van der Waals surface area (Å²) < 4.78 is 4.69. The molecule has 0 bridgehead atoms. The summed E-state index contributed by atoms with van der Waals surface area (Å²) in [5.41, 5.74) is 2.42. The number of benzene rings is 3. The molecular formula is C26H22ClN3O4S. The molecule has 7 nitrogen and oxygen atoms in total. The third-order valence-corrected chi connectivity index (χ3v) is 6.24. The number of esters is 1. The van der Waals surface area contributed by atoms with Crippen LogP contribution in [0.5, 0.6) is 0 Å². The van der Waals surface area contributed by atoms with Crippen molar-refractivity contribution in [3.63, 3.8) is 0 Å². The second-order valence-corrected chi connectivity index (χ2v) is 8.68. The maximum atomic E-state index is 13.5. The highest BCUT2D eigenvalue weighted by Crippen LogP contribution is 2.29. The van der Waals surface area contributed by atoms with E-state index in [0.29, 0.717) is 33.6 Å². The quantitative estimate of drug-likeness (QED) is 0.370. The first-order valence-corrected chi connectivity index (χ1v) is 11.6. The summed E-state index contributed by atoms with van der Waals surface area (Å²) in [6, 6.07) is 21.9. The van der Waals surface area contributed by atoms with E-state index >= 15 is 0 Å². The zero-order chi connectivity index (χ0) is 24.9. The Morgan fingerprint density at radius 3 is 2.29 bits per heavy atom. The SMILES string of the molecule is COC(=O)c1ccc(NC(=O)CC2C(=O)N(c3ccccc3)C(=S)N2Cc2ccc(Cl)cc2)cc1. The number of rotatable bonds is 7. The number of halogens is 1. The van der Waals surface area contributed by atoms with E-state index in [-0.39, 0.29) is 18.2 Å². The molecule has 1 aliphatic rings. The van der Waals surface area contributed by atoms with Crippen molar-refractivity contribution in [3.8, 4) is 0 Å². The number of nitrogens with one attached hydrogen (secondary N) is 1. The minimum atomic E-state index is -0.785. The fourth-order valence-corrected chi connectivity index (χ4v) is 4.32. The Hall–Kier alpha value is -3.75. The predicted molar refractivity (Wildman–Crippen MR) is 138 cm³/mol. The summed E-state index contributed by atoms with van der Waals surface area (Å²) in [6.45, 7) is 0.344. The highest BCUT2D eigenvalue weighted by Gasteiger charge is 2.44. The van der Waals surface area contributed by atoms with Gasteiger partial charge in [-0.15, -0.1) is 0 Å². The number of para-hydroxylation sites is 1. The van der Waals surface area contributed by atoms with Gasteiger partial charge < -0.3 is 15.0 Å². The number of hydrogen-bond donors (Lipinski definition) is 1. The summed E-state index contributed by atoms with van der Waals surface area (Å²) >= 11 is 11.7. The average Bonchev–Trinajstić information content (AvgIpc) is 3.09. The van der Waals surface area contributed by atoms with Crippen molar-refractivity contribution in [2.75, 3.05) is 17.3 Å². The number of carbonyl (C=O) groups excluding carboxylic acids is 3. The maximum Gasteiger partial charge on any atom is 0.337 e. The van der Waals surface area contributed by atoms with Crippen molar-refractivity contribution in [2.24, 2.45) is 0 Å². The Morgan fingerprint density at radius 2 is 1.66 bits per heavy atom. The lowest BCUT2D eigenvalue weighted by Gasteiger charge is -2.24. The molecule has 4 rings (SSSR count). The average molecular weight is 508 g/mol. The van der Waals surface area contributed by atoms with Gasteiger partial charge in [-0.05, 0) is 66.3 Å². The molecule has 2 amide bonds. The third-order valence-electron chi connectivity index (χ3n) is 5.57. The van der Waals surface area contributed by atoms with Crippen LogP contribution in [-0.4, -0.2) is 40.9 Å². The van der Waals surface area contributed by atoms with Gasteiger partial charge in [0.25, 0.3) is 5.91 Å². The van der Waals surface area contributed by atoms with Gasteiger partial charge in [-0.3, -0.25) is 14.5 Å². The molecule has 1 saturated heterocycles. The first-order valence-electron chi connectivity index (χ1n) is 10.8. The molecule has 1 unspecified atom stereocenters. The Labute approximate surface area is 213 Å². The van der Waals surface area contributed by atoms with Gasteiger partial charge in [0.15, 0.2) is 5.11 Å². The highest BCUT2D eigenvalue weighted by molar-refractivity contribution is 7.80. The van der Waals surface area contributed by atoms with Crippen LogP contribution in [-0.2, 0) is 20.9 Å². The second kappa shape index (κ2) is 10.7. The van der Waals surface area contributed by atoms with Crippen LogP contribution in [0.25, 0.3) is 0 Å². The topological polar surface area (TPSA) is 78.9 Å². The summed E-state index contributed by atoms with van der Waals surface area (Å²) in [5.74, 6) is -1.09. The number of amides is 2. The van der Waals surface area contributed by atoms with Crippen molar-refractivity contribution >= 4 is 58.1 Å². The van der Waals surface area contributed by atoms with Gasteiger partial charge in [0.05, 0.1) is 24.8 Å². The first-order chi connectivity index (χ1) is 16.9. The molecule has 3 aromatic carbocycles. The number of methoxy groups -OCH3 is 1. The minimum absolute atomic E-state index is 0.103. The number of thiocarbonyl (C=S) groups is 1. The third kappa shape index (κ3) is 5.50. The molecule has 0 radical (unpaired) electrons. The molecule has 0 saturated carbocycles. The summed E-state index contributed by atoms with van der Waals surface area (Å²) in [5, 5.41) is 3.72. The van der Waals surface area contributed by atoms with Crippen molar-refractivity contribution in [1.82, 2.24) is 4.90 Å². The summed E-state index contributed by atoms with van der Waals surface area (Å²) in [6.07, 6.45) is -0.103. The molecule has 1 N–H and O–H groups in total. The van der Waals surface area contributed by atoms with E-state index in [0.717, 1.165) is 5.56 Å². The van der Waals surface area contributed by atoms with E-state index in [1.54, 1.807) is 53.4 Å². The molecule has 1 atom stereocenters. The van der Waals surface area contributed by atoms with Crippen LogP contribution in [0.4, 0.5) is 11.4 Å². The van der Waals surface area contributed by atoms with Crippen LogP contribution in [0.15, 0.2) is 78.9 Å². The fraction of sp³-hybridized carbons (Fsp3) is 0.154.